The minimum atomic E-state index is 0.454. The Labute approximate surface area is 133 Å². The maximum Gasteiger partial charge on any atom is 0.169 e. The molecule has 1 aromatic rings. The molecule has 0 bridgehead atoms. The van der Waals surface area contributed by atoms with Crippen molar-refractivity contribution in [3.63, 3.8) is 0 Å². The average molecular weight is 304 g/mol. The number of ether oxygens (including phenoxy) is 1. The van der Waals surface area contributed by atoms with Crippen LogP contribution < -0.4 is 21.1 Å². The van der Waals surface area contributed by atoms with Crippen LogP contribution in [0.25, 0.3) is 0 Å². The van der Waals surface area contributed by atoms with Gasteiger partial charge in [0.1, 0.15) is 0 Å². The molecule has 4 N–H and O–H groups in total. The highest BCUT2D eigenvalue weighted by atomic mass is 16.5. The normalized spacial score (nSPS) is 23.9. The Kier molecular flexibility index (Phi) is 5.51. The van der Waals surface area contributed by atoms with E-state index >= 15 is 0 Å². The summed E-state index contributed by atoms with van der Waals surface area (Å²) >= 11 is 0. The van der Waals surface area contributed by atoms with Gasteiger partial charge in [-0.25, -0.2) is 4.98 Å². The first-order chi connectivity index (χ1) is 10.8. The van der Waals surface area contributed by atoms with Gasteiger partial charge in [-0.1, -0.05) is 0 Å². The fourth-order valence-electron chi connectivity index (χ4n) is 3.41. The lowest BCUT2D eigenvalue weighted by Gasteiger charge is -2.26. The van der Waals surface area contributed by atoms with Crippen LogP contribution in [-0.2, 0) is 6.42 Å². The number of nitrogens with two attached hydrogens (primary N) is 1. The lowest BCUT2D eigenvalue weighted by atomic mass is 9.84. The van der Waals surface area contributed by atoms with E-state index in [1.165, 1.54) is 37.7 Å². The molecule has 1 aliphatic carbocycles. The van der Waals surface area contributed by atoms with Crippen molar-refractivity contribution in [3.05, 3.63) is 17.8 Å². The van der Waals surface area contributed by atoms with Crippen molar-refractivity contribution in [2.45, 2.75) is 44.6 Å². The third-order valence-electron chi connectivity index (χ3n) is 4.82. The Balaban J connectivity index is 1.29. The molecule has 2 heterocycles. The van der Waals surface area contributed by atoms with Crippen molar-refractivity contribution in [1.29, 1.82) is 0 Å². The average Bonchev–Trinajstić information content (AvgIpc) is 3.02. The highest BCUT2D eigenvalue weighted by molar-refractivity contribution is 5.55. The highest BCUT2D eigenvalue weighted by Gasteiger charge is 2.18. The van der Waals surface area contributed by atoms with E-state index in [2.05, 4.69) is 15.6 Å². The van der Waals surface area contributed by atoms with Gasteiger partial charge in [0, 0.05) is 37.3 Å². The summed E-state index contributed by atoms with van der Waals surface area (Å²) in [7, 11) is 0. The smallest absolute Gasteiger partial charge is 0.169 e. The molecule has 0 saturated heterocycles. The summed E-state index contributed by atoms with van der Waals surface area (Å²) in [6, 6.07) is 2.50. The van der Waals surface area contributed by atoms with Crippen LogP contribution in [0.3, 0.4) is 0 Å². The van der Waals surface area contributed by atoms with E-state index < -0.39 is 0 Å². The standard InChI is InChI=1S/C17H28N4O/c18-15-3-1-13(2-4-15)5-8-19-10-11-21-17-16-14(6-9-20-17)7-12-22-16/h6,9,13,15,19H,1-5,7-8,10-12,18H2,(H,20,21). The van der Waals surface area contributed by atoms with Crippen LogP contribution in [0.4, 0.5) is 5.82 Å². The summed E-state index contributed by atoms with van der Waals surface area (Å²) in [5, 5.41) is 6.89. The van der Waals surface area contributed by atoms with Gasteiger partial charge >= 0.3 is 0 Å². The number of fused-ring (bicyclic) bond motifs is 1. The number of hydrogen-bond acceptors (Lipinski definition) is 5. The van der Waals surface area contributed by atoms with E-state index in [1.54, 1.807) is 0 Å². The lowest BCUT2D eigenvalue weighted by molar-refractivity contribution is 0.308. The number of hydrogen-bond donors (Lipinski definition) is 3. The van der Waals surface area contributed by atoms with Crippen LogP contribution in [0.2, 0.25) is 0 Å². The second kappa shape index (κ2) is 7.79. The van der Waals surface area contributed by atoms with Crippen LogP contribution >= 0.6 is 0 Å². The van der Waals surface area contributed by atoms with Gasteiger partial charge in [0.05, 0.1) is 6.61 Å². The van der Waals surface area contributed by atoms with Gasteiger partial charge in [0.2, 0.25) is 0 Å². The number of nitrogens with one attached hydrogen (secondary N) is 2. The van der Waals surface area contributed by atoms with Crippen molar-refractivity contribution >= 4 is 5.82 Å². The first-order valence-electron chi connectivity index (χ1n) is 8.64. The summed E-state index contributed by atoms with van der Waals surface area (Å²) in [6.45, 7) is 3.71. The monoisotopic (exact) mass is 304 g/mol. The van der Waals surface area contributed by atoms with Gasteiger partial charge in [-0.15, -0.1) is 0 Å². The molecule has 3 rings (SSSR count). The molecular weight excluding hydrogens is 276 g/mol. The molecule has 22 heavy (non-hydrogen) atoms. The molecule has 0 spiro atoms. The van der Waals surface area contributed by atoms with Crippen LogP contribution in [0.1, 0.15) is 37.7 Å². The predicted octanol–water partition coefficient (Wildman–Crippen LogP) is 1.93. The molecular formula is C17H28N4O. The number of nitrogens with zero attached hydrogens (tertiary/aromatic N) is 1. The third-order valence-corrected chi connectivity index (χ3v) is 4.82. The molecule has 1 fully saturated rings. The zero-order chi connectivity index (χ0) is 15.2. The maximum atomic E-state index is 5.95. The number of rotatable bonds is 7. The first-order valence-corrected chi connectivity index (χ1v) is 8.64. The number of anilines is 1. The lowest BCUT2D eigenvalue weighted by Crippen LogP contribution is -2.29. The van der Waals surface area contributed by atoms with Gasteiger partial charge in [0.15, 0.2) is 11.6 Å². The largest absolute Gasteiger partial charge is 0.489 e. The second-order valence-corrected chi connectivity index (χ2v) is 6.49. The Hall–Kier alpha value is -1.33. The molecule has 0 atom stereocenters. The third kappa shape index (κ3) is 4.11. The SMILES string of the molecule is NC1CCC(CCNCCNc2nccc3c2OCC3)CC1. The molecule has 1 aliphatic heterocycles. The Bertz CT molecular complexity index is 472. The van der Waals surface area contributed by atoms with Crippen LogP contribution in [-0.4, -0.2) is 37.3 Å². The summed E-state index contributed by atoms with van der Waals surface area (Å²) < 4.78 is 5.64. The summed E-state index contributed by atoms with van der Waals surface area (Å²) in [5.41, 5.74) is 7.21. The number of aromatic nitrogens is 1. The van der Waals surface area contributed by atoms with Crippen molar-refractivity contribution in [2.75, 3.05) is 31.6 Å². The Morgan fingerprint density at radius 3 is 2.91 bits per heavy atom. The van der Waals surface area contributed by atoms with E-state index in [-0.39, 0.29) is 0 Å². The van der Waals surface area contributed by atoms with Crippen LogP contribution in [0.15, 0.2) is 12.3 Å². The van der Waals surface area contributed by atoms with Crippen LogP contribution in [0, 0.1) is 5.92 Å². The van der Waals surface area contributed by atoms with Gasteiger partial charge in [-0.3, -0.25) is 0 Å². The minimum absolute atomic E-state index is 0.454. The quantitative estimate of drug-likeness (QED) is 0.671. The highest BCUT2D eigenvalue weighted by Crippen LogP contribution is 2.31. The molecule has 5 nitrogen and oxygen atoms in total. The van der Waals surface area contributed by atoms with Crippen molar-refractivity contribution in [3.8, 4) is 5.75 Å². The van der Waals surface area contributed by atoms with Crippen molar-refractivity contribution < 1.29 is 4.74 Å². The summed E-state index contributed by atoms with van der Waals surface area (Å²) in [6.07, 6.45) is 9.15. The molecule has 0 aromatic carbocycles. The molecule has 0 radical (unpaired) electrons. The molecule has 2 aliphatic rings. The summed E-state index contributed by atoms with van der Waals surface area (Å²) in [5.74, 6) is 2.70. The second-order valence-electron chi connectivity index (χ2n) is 6.49. The first kappa shape index (κ1) is 15.6. The van der Waals surface area contributed by atoms with E-state index in [1.807, 2.05) is 12.3 Å². The van der Waals surface area contributed by atoms with Crippen LogP contribution in [0.5, 0.6) is 5.75 Å². The van der Waals surface area contributed by atoms with E-state index in [9.17, 15) is 0 Å². The molecule has 122 valence electrons. The molecule has 5 heteroatoms. The molecule has 1 aromatic heterocycles. The maximum absolute atomic E-state index is 5.95. The van der Waals surface area contributed by atoms with Crippen molar-refractivity contribution in [2.24, 2.45) is 11.7 Å². The fraction of sp³-hybridized carbons (Fsp3) is 0.706. The Morgan fingerprint density at radius 1 is 1.18 bits per heavy atom. The molecule has 0 amide bonds. The molecule has 0 unspecified atom stereocenters. The van der Waals surface area contributed by atoms with Crippen molar-refractivity contribution in [1.82, 2.24) is 10.3 Å². The molecule has 1 saturated carbocycles. The van der Waals surface area contributed by atoms with E-state index in [0.717, 1.165) is 50.1 Å². The predicted molar refractivity (Wildman–Crippen MR) is 89.3 cm³/mol. The minimum Gasteiger partial charge on any atom is -0.489 e. The summed E-state index contributed by atoms with van der Waals surface area (Å²) in [4.78, 5) is 4.37. The van der Waals surface area contributed by atoms with Gasteiger partial charge < -0.3 is 21.1 Å². The fourth-order valence-corrected chi connectivity index (χ4v) is 3.41. The Morgan fingerprint density at radius 2 is 2.05 bits per heavy atom. The number of pyridine rings is 1. The zero-order valence-electron chi connectivity index (χ0n) is 13.3. The van der Waals surface area contributed by atoms with Gasteiger partial charge in [0.25, 0.3) is 0 Å². The van der Waals surface area contributed by atoms with Gasteiger partial charge in [-0.2, -0.15) is 0 Å². The van der Waals surface area contributed by atoms with E-state index in [4.69, 9.17) is 10.5 Å². The topological polar surface area (TPSA) is 72.2 Å². The zero-order valence-corrected chi connectivity index (χ0v) is 13.3. The van der Waals surface area contributed by atoms with Gasteiger partial charge in [-0.05, 0) is 50.6 Å². The van der Waals surface area contributed by atoms with E-state index in [0.29, 0.717) is 6.04 Å².